The lowest BCUT2D eigenvalue weighted by atomic mass is 10.00. The molecule has 1 unspecified atom stereocenters. The molecule has 3 aliphatic rings. The lowest BCUT2D eigenvalue weighted by Gasteiger charge is -2.26. The van der Waals surface area contributed by atoms with E-state index in [9.17, 15) is 21.6 Å². The Kier molecular flexibility index (Phi) is 4.95. The van der Waals surface area contributed by atoms with Crippen molar-refractivity contribution in [3.8, 4) is 0 Å². The third kappa shape index (κ3) is 3.48. The molecule has 0 aromatic heterocycles. The molecule has 3 aliphatic heterocycles. The average molecular weight is 461 g/mol. The van der Waals surface area contributed by atoms with Gasteiger partial charge < -0.3 is 4.90 Å². The van der Waals surface area contributed by atoms with Crippen molar-refractivity contribution in [1.29, 1.82) is 0 Å². The number of benzene rings is 2. The van der Waals surface area contributed by atoms with Crippen LogP contribution in [0, 0.1) is 0 Å². The average Bonchev–Trinajstić information content (AvgIpc) is 3.11. The number of carbonyl (C=O) groups is 1. The number of sulfonamides is 1. The van der Waals surface area contributed by atoms with Crippen molar-refractivity contribution in [3.05, 3.63) is 59.2 Å². The molecule has 5 rings (SSSR count). The highest BCUT2D eigenvalue weighted by atomic mass is 32.2. The number of nitrogens with zero attached hydrogens (tertiary/aromatic N) is 2. The van der Waals surface area contributed by atoms with Gasteiger partial charge in [0.1, 0.15) is 0 Å². The number of rotatable bonds is 3. The van der Waals surface area contributed by atoms with E-state index in [2.05, 4.69) is 0 Å². The SMILES string of the molecule is O=C1CCc2cc(S(=O)(=O)N3CCC(c4ccccc4)S(=O)(=O)CC3)cc3c2N1CC3. The summed E-state index contributed by atoms with van der Waals surface area (Å²) in [5.41, 5.74) is 3.35. The standard InChI is InChI=1S/C22H24N2O5S2/c25-21-7-6-17-14-19(15-18-8-11-24(21)22(17)18)31(28,29)23-10-9-20(30(26,27)13-12-23)16-4-2-1-3-5-16/h1-5,14-15,20H,6-13H2. The molecular formula is C22H24N2O5S2. The molecule has 1 amide bonds. The van der Waals surface area contributed by atoms with E-state index in [1.807, 2.05) is 6.07 Å². The predicted molar refractivity (Wildman–Crippen MR) is 117 cm³/mol. The van der Waals surface area contributed by atoms with Crippen LogP contribution in [0.3, 0.4) is 0 Å². The van der Waals surface area contributed by atoms with Crippen LogP contribution in [0.2, 0.25) is 0 Å². The Morgan fingerprint density at radius 2 is 1.61 bits per heavy atom. The van der Waals surface area contributed by atoms with Crippen LogP contribution in [0.15, 0.2) is 47.4 Å². The molecule has 0 aliphatic carbocycles. The normalized spacial score (nSPS) is 23.4. The molecule has 31 heavy (non-hydrogen) atoms. The van der Waals surface area contributed by atoms with E-state index < -0.39 is 25.1 Å². The molecule has 1 fully saturated rings. The molecule has 164 valence electrons. The molecule has 0 bridgehead atoms. The van der Waals surface area contributed by atoms with Crippen LogP contribution in [0.1, 0.15) is 34.8 Å². The van der Waals surface area contributed by atoms with Gasteiger partial charge in [0.2, 0.25) is 15.9 Å². The Morgan fingerprint density at radius 1 is 0.903 bits per heavy atom. The van der Waals surface area contributed by atoms with Crippen LogP contribution in [0.25, 0.3) is 0 Å². The molecule has 3 heterocycles. The fourth-order valence-electron chi connectivity index (χ4n) is 4.93. The van der Waals surface area contributed by atoms with Crippen LogP contribution < -0.4 is 4.90 Å². The summed E-state index contributed by atoms with van der Waals surface area (Å²) in [6.07, 6.45) is 1.79. The summed E-state index contributed by atoms with van der Waals surface area (Å²) in [5.74, 6) is -0.113. The zero-order chi connectivity index (χ0) is 21.8. The van der Waals surface area contributed by atoms with Gasteiger partial charge in [-0.25, -0.2) is 16.8 Å². The van der Waals surface area contributed by atoms with Gasteiger partial charge in [0, 0.05) is 26.1 Å². The molecular weight excluding hydrogens is 436 g/mol. The first-order valence-corrected chi connectivity index (χ1v) is 13.7. The zero-order valence-corrected chi connectivity index (χ0v) is 18.7. The fraction of sp³-hybridized carbons (Fsp3) is 0.409. The van der Waals surface area contributed by atoms with Crippen molar-refractivity contribution in [3.63, 3.8) is 0 Å². The summed E-state index contributed by atoms with van der Waals surface area (Å²) in [7, 11) is -7.30. The van der Waals surface area contributed by atoms with Crippen LogP contribution in [0.5, 0.6) is 0 Å². The van der Waals surface area contributed by atoms with Gasteiger partial charge in [-0.05, 0) is 48.1 Å². The number of amides is 1. The van der Waals surface area contributed by atoms with E-state index >= 15 is 0 Å². The highest BCUT2D eigenvalue weighted by Gasteiger charge is 2.37. The van der Waals surface area contributed by atoms with Gasteiger partial charge in [0.05, 0.1) is 21.6 Å². The van der Waals surface area contributed by atoms with E-state index in [0.29, 0.717) is 31.4 Å². The fourth-order valence-corrected chi connectivity index (χ4v) is 8.40. The highest BCUT2D eigenvalue weighted by Crippen LogP contribution is 2.39. The molecule has 1 saturated heterocycles. The minimum atomic E-state index is -3.84. The first-order chi connectivity index (χ1) is 14.8. The summed E-state index contributed by atoms with van der Waals surface area (Å²) in [6.45, 7) is 0.689. The van der Waals surface area contributed by atoms with Gasteiger partial charge in [-0.2, -0.15) is 4.31 Å². The Hall–Kier alpha value is -2.23. The van der Waals surface area contributed by atoms with Crippen molar-refractivity contribution in [2.24, 2.45) is 0 Å². The third-order valence-electron chi connectivity index (χ3n) is 6.53. The van der Waals surface area contributed by atoms with Gasteiger partial charge in [-0.15, -0.1) is 0 Å². The minimum absolute atomic E-state index is 0.0506. The van der Waals surface area contributed by atoms with Crippen LogP contribution >= 0.6 is 0 Å². The quantitative estimate of drug-likeness (QED) is 0.699. The third-order valence-corrected chi connectivity index (χ3v) is 10.5. The summed E-state index contributed by atoms with van der Waals surface area (Å²) >= 11 is 0. The monoisotopic (exact) mass is 460 g/mol. The molecule has 7 nitrogen and oxygen atoms in total. The molecule has 2 aromatic rings. The summed E-state index contributed by atoms with van der Waals surface area (Å²) in [4.78, 5) is 14.1. The molecule has 0 radical (unpaired) electrons. The molecule has 0 N–H and O–H groups in total. The first-order valence-electron chi connectivity index (χ1n) is 10.5. The van der Waals surface area contributed by atoms with Gasteiger partial charge >= 0.3 is 0 Å². The van der Waals surface area contributed by atoms with E-state index in [-0.39, 0.29) is 36.1 Å². The summed E-state index contributed by atoms with van der Waals surface area (Å²) < 4.78 is 54.0. The molecule has 9 heteroatoms. The van der Waals surface area contributed by atoms with E-state index in [1.165, 1.54) is 4.31 Å². The first kappa shape index (κ1) is 20.7. The van der Waals surface area contributed by atoms with Gasteiger partial charge in [-0.1, -0.05) is 30.3 Å². The van der Waals surface area contributed by atoms with Crippen LogP contribution in [0.4, 0.5) is 5.69 Å². The van der Waals surface area contributed by atoms with Crippen molar-refractivity contribution in [1.82, 2.24) is 4.31 Å². The van der Waals surface area contributed by atoms with Crippen LogP contribution in [-0.2, 0) is 37.5 Å². The molecule has 0 spiro atoms. The van der Waals surface area contributed by atoms with E-state index in [0.717, 1.165) is 16.8 Å². The Morgan fingerprint density at radius 3 is 2.35 bits per heavy atom. The lowest BCUT2D eigenvalue weighted by molar-refractivity contribution is -0.118. The number of hydrogen-bond acceptors (Lipinski definition) is 5. The smallest absolute Gasteiger partial charge is 0.243 e. The topological polar surface area (TPSA) is 91.8 Å². The van der Waals surface area contributed by atoms with Gasteiger partial charge in [-0.3, -0.25) is 4.79 Å². The van der Waals surface area contributed by atoms with Crippen molar-refractivity contribution in [2.75, 3.05) is 30.3 Å². The number of aryl methyl sites for hydroxylation is 1. The summed E-state index contributed by atoms with van der Waals surface area (Å²) in [6, 6.07) is 12.3. The van der Waals surface area contributed by atoms with Crippen molar-refractivity contribution in [2.45, 2.75) is 35.8 Å². The maximum absolute atomic E-state index is 13.5. The zero-order valence-electron chi connectivity index (χ0n) is 17.0. The second kappa shape index (κ2) is 7.43. The number of anilines is 1. The molecule has 1 atom stereocenters. The minimum Gasteiger partial charge on any atom is -0.312 e. The highest BCUT2D eigenvalue weighted by molar-refractivity contribution is 7.92. The number of hydrogen-bond donors (Lipinski definition) is 0. The van der Waals surface area contributed by atoms with Crippen molar-refractivity contribution < 1.29 is 21.6 Å². The van der Waals surface area contributed by atoms with Gasteiger partial charge in [0.25, 0.3) is 0 Å². The van der Waals surface area contributed by atoms with Crippen molar-refractivity contribution >= 4 is 31.5 Å². The molecule has 2 aromatic carbocycles. The van der Waals surface area contributed by atoms with Crippen LogP contribution in [-0.4, -0.2) is 52.4 Å². The molecule has 0 saturated carbocycles. The maximum Gasteiger partial charge on any atom is 0.243 e. The maximum atomic E-state index is 13.5. The predicted octanol–water partition coefficient (Wildman–Crippen LogP) is 2.07. The number of sulfone groups is 1. The Bertz CT molecular complexity index is 1260. The second-order valence-corrected chi connectivity index (χ2v) is 12.6. The van der Waals surface area contributed by atoms with Gasteiger partial charge in [0.15, 0.2) is 9.84 Å². The largest absolute Gasteiger partial charge is 0.312 e. The number of carbonyl (C=O) groups excluding carboxylic acids is 1. The Balaban J connectivity index is 1.47. The van der Waals surface area contributed by atoms with E-state index in [4.69, 9.17) is 0 Å². The summed E-state index contributed by atoms with van der Waals surface area (Å²) in [5, 5.41) is -0.699. The lowest BCUT2D eigenvalue weighted by Crippen LogP contribution is -2.34. The second-order valence-electron chi connectivity index (χ2n) is 8.34. The van der Waals surface area contributed by atoms with E-state index in [1.54, 1.807) is 41.3 Å². The Labute approximate surface area is 182 Å².